The Morgan fingerprint density at radius 2 is 1.70 bits per heavy atom. The van der Waals surface area contributed by atoms with Crippen LogP contribution in [-0.2, 0) is 14.3 Å². The van der Waals surface area contributed by atoms with Gasteiger partial charge in [0.25, 0.3) is 5.91 Å². The first-order valence-corrected chi connectivity index (χ1v) is 9.71. The lowest BCUT2D eigenvalue weighted by Gasteiger charge is -2.25. The molecule has 3 aromatic rings. The number of ether oxygens (including phenoxy) is 2. The van der Waals surface area contributed by atoms with E-state index in [1.807, 2.05) is 73.7 Å². The second-order valence-corrected chi connectivity index (χ2v) is 7.00. The predicted molar refractivity (Wildman–Crippen MR) is 118 cm³/mol. The van der Waals surface area contributed by atoms with Crippen molar-refractivity contribution in [1.82, 2.24) is 4.90 Å². The van der Waals surface area contributed by atoms with Crippen molar-refractivity contribution in [2.75, 3.05) is 20.8 Å². The molecule has 3 rings (SSSR count). The van der Waals surface area contributed by atoms with Crippen molar-refractivity contribution < 1.29 is 19.1 Å². The van der Waals surface area contributed by atoms with Crippen LogP contribution < -0.4 is 4.74 Å². The van der Waals surface area contributed by atoms with Gasteiger partial charge in [-0.05, 0) is 53.1 Å². The maximum Gasteiger partial charge on any atom is 0.331 e. The number of methoxy groups -OCH3 is 1. The van der Waals surface area contributed by atoms with Crippen LogP contribution in [0.1, 0.15) is 24.1 Å². The lowest BCUT2D eigenvalue weighted by atomic mass is 10.1. The molecule has 1 amide bonds. The molecule has 0 radical (unpaired) electrons. The smallest absolute Gasteiger partial charge is 0.331 e. The fourth-order valence-electron chi connectivity index (χ4n) is 3.09. The minimum atomic E-state index is -0.557. The highest BCUT2D eigenvalue weighted by atomic mass is 16.5. The second kappa shape index (κ2) is 9.74. The summed E-state index contributed by atoms with van der Waals surface area (Å²) in [6.07, 6.45) is 3.01. The van der Waals surface area contributed by atoms with Crippen LogP contribution in [0, 0.1) is 0 Å². The molecule has 30 heavy (non-hydrogen) atoms. The summed E-state index contributed by atoms with van der Waals surface area (Å²) in [6, 6.07) is 21.3. The Hall–Kier alpha value is -3.60. The average Bonchev–Trinajstić information content (AvgIpc) is 2.80. The van der Waals surface area contributed by atoms with Crippen LogP contribution in [-0.4, -0.2) is 37.5 Å². The SMILES string of the molecule is COc1ccc2cc(/C=C/C(=O)OCC(=O)N(C)[C@@H](C)c3ccccc3)ccc2c1. The lowest BCUT2D eigenvalue weighted by Crippen LogP contribution is -2.33. The van der Waals surface area contributed by atoms with Crippen LogP contribution in [0.15, 0.2) is 72.8 Å². The Morgan fingerprint density at radius 3 is 2.43 bits per heavy atom. The normalized spacial score (nSPS) is 12.0. The summed E-state index contributed by atoms with van der Waals surface area (Å²) in [4.78, 5) is 26.0. The number of benzene rings is 3. The molecule has 0 aliphatic carbocycles. The first-order chi connectivity index (χ1) is 14.5. The molecule has 5 heteroatoms. The number of fused-ring (bicyclic) bond motifs is 1. The number of nitrogens with zero attached hydrogens (tertiary/aromatic N) is 1. The number of esters is 1. The quantitative estimate of drug-likeness (QED) is 0.427. The molecule has 154 valence electrons. The van der Waals surface area contributed by atoms with Crippen molar-refractivity contribution in [1.29, 1.82) is 0 Å². The van der Waals surface area contributed by atoms with E-state index >= 15 is 0 Å². The largest absolute Gasteiger partial charge is 0.497 e. The molecule has 0 unspecified atom stereocenters. The van der Waals surface area contributed by atoms with Crippen LogP contribution in [0.25, 0.3) is 16.8 Å². The van der Waals surface area contributed by atoms with Gasteiger partial charge in [-0.25, -0.2) is 4.79 Å². The number of hydrogen-bond acceptors (Lipinski definition) is 4. The number of hydrogen-bond donors (Lipinski definition) is 0. The van der Waals surface area contributed by atoms with E-state index in [9.17, 15) is 9.59 Å². The van der Waals surface area contributed by atoms with Crippen LogP contribution in [0.2, 0.25) is 0 Å². The Kier molecular flexibility index (Phi) is 6.86. The van der Waals surface area contributed by atoms with Gasteiger partial charge in [-0.3, -0.25) is 4.79 Å². The Morgan fingerprint density at radius 1 is 1.00 bits per heavy atom. The third-order valence-corrected chi connectivity index (χ3v) is 5.08. The zero-order valence-electron chi connectivity index (χ0n) is 17.4. The van der Waals surface area contributed by atoms with E-state index in [1.54, 1.807) is 25.1 Å². The van der Waals surface area contributed by atoms with Gasteiger partial charge in [0.05, 0.1) is 13.2 Å². The zero-order valence-corrected chi connectivity index (χ0v) is 17.4. The highest BCUT2D eigenvalue weighted by Gasteiger charge is 2.18. The molecule has 3 aromatic carbocycles. The summed E-state index contributed by atoms with van der Waals surface area (Å²) in [5, 5.41) is 2.09. The van der Waals surface area contributed by atoms with Gasteiger partial charge in [0.1, 0.15) is 5.75 Å². The van der Waals surface area contributed by atoms with E-state index in [0.717, 1.165) is 27.6 Å². The maximum atomic E-state index is 12.3. The van der Waals surface area contributed by atoms with E-state index in [2.05, 4.69) is 0 Å². The predicted octanol–water partition coefficient (Wildman–Crippen LogP) is 4.62. The number of amides is 1. The summed E-state index contributed by atoms with van der Waals surface area (Å²) >= 11 is 0. The van der Waals surface area contributed by atoms with Crippen molar-refractivity contribution in [3.8, 4) is 5.75 Å². The number of likely N-dealkylation sites (N-methyl/N-ethyl adjacent to an activating group) is 1. The van der Waals surface area contributed by atoms with E-state index in [-0.39, 0.29) is 18.6 Å². The highest BCUT2D eigenvalue weighted by molar-refractivity contribution is 5.91. The highest BCUT2D eigenvalue weighted by Crippen LogP contribution is 2.22. The van der Waals surface area contributed by atoms with Gasteiger partial charge >= 0.3 is 5.97 Å². The van der Waals surface area contributed by atoms with Gasteiger partial charge in [-0.1, -0.05) is 48.5 Å². The molecular formula is C25H25NO4. The fourth-order valence-corrected chi connectivity index (χ4v) is 3.09. The minimum absolute atomic E-state index is 0.107. The van der Waals surface area contributed by atoms with E-state index < -0.39 is 5.97 Å². The first-order valence-electron chi connectivity index (χ1n) is 9.71. The van der Waals surface area contributed by atoms with Gasteiger partial charge in [0, 0.05) is 13.1 Å². The molecule has 0 heterocycles. The maximum absolute atomic E-state index is 12.3. The van der Waals surface area contributed by atoms with Crippen LogP contribution in [0.3, 0.4) is 0 Å². The Bertz CT molecular complexity index is 1060. The standard InChI is InChI=1S/C25H25NO4/c1-18(20-7-5-4-6-8-20)26(2)24(27)17-30-25(28)14-10-19-9-11-22-16-23(29-3)13-12-21(22)15-19/h4-16,18H,17H2,1-3H3/b14-10+/t18-/m0/s1. The van der Waals surface area contributed by atoms with Crippen molar-refractivity contribution in [3.63, 3.8) is 0 Å². The van der Waals surface area contributed by atoms with Gasteiger partial charge < -0.3 is 14.4 Å². The lowest BCUT2D eigenvalue weighted by molar-refractivity contribution is -0.148. The van der Waals surface area contributed by atoms with Crippen molar-refractivity contribution in [2.45, 2.75) is 13.0 Å². The van der Waals surface area contributed by atoms with Crippen LogP contribution in [0.5, 0.6) is 5.75 Å². The van der Waals surface area contributed by atoms with Crippen molar-refractivity contribution in [3.05, 3.63) is 83.9 Å². The van der Waals surface area contributed by atoms with Gasteiger partial charge in [-0.2, -0.15) is 0 Å². The summed E-state index contributed by atoms with van der Waals surface area (Å²) in [7, 11) is 3.34. The summed E-state index contributed by atoms with van der Waals surface area (Å²) < 4.78 is 10.3. The van der Waals surface area contributed by atoms with Crippen LogP contribution >= 0.6 is 0 Å². The summed E-state index contributed by atoms with van der Waals surface area (Å²) in [6.45, 7) is 1.64. The molecule has 0 aliphatic rings. The number of carbonyl (C=O) groups excluding carboxylic acids is 2. The average molecular weight is 403 g/mol. The zero-order chi connectivity index (χ0) is 21.5. The molecule has 0 aromatic heterocycles. The van der Waals surface area contributed by atoms with E-state index in [4.69, 9.17) is 9.47 Å². The molecule has 0 saturated carbocycles. The van der Waals surface area contributed by atoms with Gasteiger partial charge in [-0.15, -0.1) is 0 Å². The van der Waals surface area contributed by atoms with Crippen molar-refractivity contribution in [2.24, 2.45) is 0 Å². The first kappa shape index (κ1) is 21.1. The van der Waals surface area contributed by atoms with E-state index in [0.29, 0.717) is 0 Å². The fraction of sp³-hybridized carbons (Fsp3) is 0.200. The minimum Gasteiger partial charge on any atom is -0.497 e. The molecule has 0 fully saturated rings. The Labute approximate surface area is 176 Å². The van der Waals surface area contributed by atoms with Gasteiger partial charge in [0.15, 0.2) is 6.61 Å². The number of carbonyl (C=O) groups is 2. The van der Waals surface area contributed by atoms with E-state index in [1.165, 1.54) is 6.08 Å². The van der Waals surface area contributed by atoms with Crippen LogP contribution in [0.4, 0.5) is 0 Å². The molecule has 0 bridgehead atoms. The van der Waals surface area contributed by atoms with Gasteiger partial charge in [0.2, 0.25) is 0 Å². The molecular weight excluding hydrogens is 378 g/mol. The third kappa shape index (κ3) is 5.26. The van der Waals surface area contributed by atoms with Crippen molar-refractivity contribution >= 4 is 28.7 Å². The monoisotopic (exact) mass is 403 g/mol. The number of rotatable bonds is 7. The molecule has 0 saturated heterocycles. The molecule has 0 spiro atoms. The molecule has 5 nitrogen and oxygen atoms in total. The summed E-state index contributed by atoms with van der Waals surface area (Å²) in [5.41, 5.74) is 1.89. The topological polar surface area (TPSA) is 55.8 Å². The molecule has 0 N–H and O–H groups in total. The summed E-state index contributed by atoms with van der Waals surface area (Å²) in [5.74, 6) is -0.0164. The second-order valence-electron chi connectivity index (χ2n) is 7.00. The molecule has 1 atom stereocenters. The Balaban J connectivity index is 1.55. The molecule has 0 aliphatic heterocycles. The third-order valence-electron chi connectivity index (χ3n) is 5.08.